The van der Waals surface area contributed by atoms with Crippen LogP contribution in [0.5, 0.6) is 0 Å². The zero-order valence-electron chi connectivity index (χ0n) is 15.7. The molecule has 0 saturated carbocycles. The van der Waals surface area contributed by atoms with E-state index in [4.69, 9.17) is 23.2 Å². The van der Waals surface area contributed by atoms with Gasteiger partial charge in [0.15, 0.2) is 5.76 Å². The van der Waals surface area contributed by atoms with Gasteiger partial charge in [-0.3, -0.25) is 14.5 Å². The lowest BCUT2D eigenvalue weighted by Gasteiger charge is -2.28. The second kappa shape index (κ2) is 9.39. The van der Waals surface area contributed by atoms with Gasteiger partial charge < -0.3 is 14.9 Å². The van der Waals surface area contributed by atoms with Crippen molar-refractivity contribution in [3.8, 4) is 0 Å². The Morgan fingerprint density at radius 1 is 1.21 bits per heavy atom. The van der Waals surface area contributed by atoms with Crippen LogP contribution >= 0.6 is 35.0 Å². The average Bonchev–Trinajstić information content (AvgIpc) is 2.97. The molecule has 1 aromatic rings. The molecule has 6 nitrogen and oxygen atoms in total. The number of benzene rings is 1. The van der Waals surface area contributed by atoms with E-state index in [9.17, 15) is 14.7 Å². The van der Waals surface area contributed by atoms with Crippen LogP contribution in [0.15, 0.2) is 29.5 Å². The fourth-order valence-corrected chi connectivity index (χ4v) is 4.57. The highest BCUT2D eigenvalue weighted by molar-refractivity contribution is 7.99. The Morgan fingerprint density at radius 3 is 2.61 bits per heavy atom. The van der Waals surface area contributed by atoms with Crippen molar-refractivity contribution in [3.05, 3.63) is 45.1 Å². The summed E-state index contributed by atoms with van der Waals surface area (Å²) in [5.41, 5.74) is 0.955. The summed E-state index contributed by atoms with van der Waals surface area (Å²) < 4.78 is 0. The molecule has 0 bridgehead atoms. The standard InChI is InChI=1S/C19H23Cl2N3O3S/c1-22(11-13-2-3-15(20)16(21)10-13)18(26)14-12-24(19(27)17(14)25)5-4-23-6-8-28-9-7-23/h2-3,10,25H,4-9,11-12H2,1H3. The molecule has 1 saturated heterocycles. The number of hydrogen-bond donors (Lipinski definition) is 1. The maximum absolute atomic E-state index is 12.8. The monoisotopic (exact) mass is 443 g/mol. The molecule has 0 aliphatic carbocycles. The number of nitrogens with zero attached hydrogens (tertiary/aromatic N) is 3. The number of halogens is 2. The largest absolute Gasteiger partial charge is 0.503 e. The number of carbonyl (C=O) groups is 2. The van der Waals surface area contributed by atoms with Crippen molar-refractivity contribution in [1.29, 1.82) is 0 Å². The van der Waals surface area contributed by atoms with Gasteiger partial charge >= 0.3 is 0 Å². The summed E-state index contributed by atoms with van der Waals surface area (Å²) in [6.45, 7) is 3.69. The summed E-state index contributed by atoms with van der Waals surface area (Å²) in [5.74, 6) is 0.910. The third kappa shape index (κ3) is 4.95. The first-order valence-corrected chi connectivity index (χ1v) is 11.0. The van der Waals surface area contributed by atoms with Crippen LogP contribution in [-0.2, 0) is 16.1 Å². The topological polar surface area (TPSA) is 64.1 Å². The van der Waals surface area contributed by atoms with E-state index < -0.39 is 11.7 Å². The Balaban J connectivity index is 1.59. The highest BCUT2D eigenvalue weighted by Crippen LogP contribution is 2.24. The van der Waals surface area contributed by atoms with Gasteiger partial charge in [-0.05, 0) is 17.7 Å². The Hall–Kier alpha value is -1.41. The SMILES string of the molecule is CN(Cc1ccc(Cl)c(Cl)c1)C(=O)C1=C(O)C(=O)N(CCN2CCSCC2)C1. The highest BCUT2D eigenvalue weighted by Gasteiger charge is 2.35. The molecule has 1 N–H and O–H groups in total. The van der Waals surface area contributed by atoms with Gasteiger partial charge in [0.2, 0.25) is 0 Å². The number of aliphatic hydroxyl groups excluding tert-OH is 1. The van der Waals surface area contributed by atoms with E-state index in [0.717, 1.165) is 36.7 Å². The Kier molecular flexibility index (Phi) is 7.15. The van der Waals surface area contributed by atoms with Crippen molar-refractivity contribution in [2.45, 2.75) is 6.54 Å². The number of likely N-dealkylation sites (N-methyl/N-ethyl adjacent to an activating group) is 1. The van der Waals surface area contributed by atoms with E-state index >= 15 is 0 Å². The molecule has 0 aromatic heterocycles. The molecular weight excluding hydrogens is 421 g/mol. The van der Waals surface area contributed by atoms with Gasteiger partial charge in [0.05, 0.1) is 22.2 Å². The first kappa shape index (κ1) is 21.3. The lowest BCUT2D eigenvalue weighted by atomic mass is 10.2. The number of hydrogen-bond acceptors (Lipinski definition) is 5. The summed E-state index contributed by atoms with van der Waals surface area (Å²) >= 11 is 13.9. The first-order valence-electron chi connectivity index (χ1n) is 9.07. The maximum Gasteiger partial charge on any atom is 0.289 e. The van der Waals surface area contributed by atoms with Gasteiger partial charge in [-0.1, -0.05) is 29.3 Å². The van der Waals surface area contributed by atoms with E-state index in [1.165, 1.54) is 9.80 Å². The fourth-order valence-electron chi connectivity index (χ4n) is 3.27. The van der Waals surface area contributed by atoms with Crippen LogP contribution in [0.4, 0.5) is 0 Å². The van der Waals surface area contributed by atoms with Crippen molar-refractivity contribution in [1.82, 2.24) is 14.7 Å². The predicted octanol–water partition coefficient (Wildman–Crippen LogP) is 2.65. The number of amides is 2. The minimum Gasteiger partial charge on any atom is -0.503 e. The molecule has 2 aliphatic rings. The van der Waals surface area contributed by atoms with Crippen LogP contribution in [0.25, 0.3) is 0 Å². The van der Waals surface area contributed by atoms with Gasteiger partial charge in [-0.25, -0.2) is 0 Å². The summed E-state index contributed by atoms with van der Waals surface area (Å²) in [5, 5.41) is 11.1. The number of carbonyl (C=O) groups excluding carboxylic acids is 2. The van der Waals surface area contributed by atoms with Crippen LogP contribution in [0.1, 0.15) is 5.56 Å². The van der Waals surface area contributed by atoms with E-state index in [0.29, 0.717) is 23.1 Å². The third-order valence-corrected chi connectivity index (χ3v) is 6.60. The summed E-state index contributed by atoms with van der Waals surface area (Å²) in [6, 6.07) is 5.16. The zero-order chi connectivity index (χ0) is 20.3. The normalized spacial score (nSPS) is 18.1. The van der Waals surface area contributed by atoms with Gasteiger partial charge in [-0.2, -0.15) is 11.8 Å². The molecule has 2 heterocycles. The average molecular weight is 444 g/mol. The zero-order valence-corrected chi connectivity index (χ0v) is 18.0. The van der Waals surface area contributed by atoms with Crippen molar-refractivity contribution >= 4 is 46.8 Å². The molecule has 9 heteroatoms. The highest BCUT2D eigenvalue weighted by atomic mass is 35.5. The number of thioether (sulfide) groups is 1. The van der Waals surface area contributed by atoms with Crippen LogP contribution < -0.4 is 0 Å². The van der Waals surface area contributed by atoms with E-state index in [1.54, 1.807) is 25.2 Å². The van der Waals surface area contributed by atoms with Crippen LogP contribution in [0, 0.1) is 0 Å². The van der Waals surface area contributed by atoms with Gasteiger partial charge in [0, 0.05) is 51.3 Å². The lowest BCUT2D eigenvalue weighted by molar-refractivity contribution is -0.128. The number of rotatable bonds is 6. The van der Waals surface area contributed by atoms with Crippen molar-refractivity contribution in [2.24, 2.45) is 0 Å². The molecule has 28 heavy (non-hydrogen) atoms. The minimum absolute atomic E-state index is 0.137. The molecule has 1 fully saturated rings. The summed E-state index contributed by atoms with van der Waals surface area (Å²) in [6.07, 6.45) is 0. The Labute approximate surface area is 179 Å². The van der Waals surface area contributed by atoms with Crippen molar-refractivity contribution in [2.75, 3.05) is 51.3 Å². The van der Waals surface area contributed by atoms with Crippen LogP contribution in [0.2, 0.25) is 10.0 Å². The van der Waals surface area contributed by atoms with Gasteiger partial charge in [0.25, 0.3) is 11.8 Å². The van der Waals surface area contributed by atoms with Crippen molar-refractivity contribution < 1.29 is 14.7 Å². The lowest BCUT2D eigenvalue weighted by Crippen LogP contribution is -2.40. The van der Waals surface area contributed by atoms with Crippen LogP contribution in [0.3, 0.4) is 0 Å². The Bertz CT molecular complexity index is 797. The van der Waals surface area contributed by atoms with Crippen LogP contribution in [-0.4, -0.2) is 82.9 Å². The van der Waals surface area contributed by atoms with E-state index in [2.05, 4.69) is 4.90 Å². The molecule has 0 radical (unpaired) electrons. The molecule has 2 amide bonds. The van der Waals surface area contributed by atoms with E-state index in [-0.39, 0.29) is 18.0 Å². The molecule has 0 atom stereocenters. The smallest absolute Gasteiger partial charge is 0.289 e. The third-order valence-electron chi connectivity index (χ3n) is 4.92. The van der Waals surface area contributed by atoms with Crippen molar-refractivity contribution in [3.63, 3.8) is 0 Å². The maximum atomic E-state index is 12.8. The fraction of sp³-hybridized carbons (Fsp3) is 0.474. The second-order valence-electron chi connectivity index (χ2n) is 6.92. The second-order valence-corrected chi connectivity index (χ2v) is 8.96. The predicted molar refractivity (Wildman–Crippen MR) is 113 cm³/mol. The summed E-state index contributed by atoms with van der Waals surface area (Å²) in [7, 11) is 1.63. The molecule has 0 spiro atoms. The minimum atomic E-state index is -0.474. The quantitative estimate of drug-likeness (QED) is 0.731. The molecule has 152 valence electrons. The summed E-state index contributed by atoms with van der Waals surface area (Å²) in [4.78, 5) is 30.4. The Morgan fingerprint density at radius 2 is 1.93 bits per heavy atom. The van der Waals surface area contributed by atoms with Gasteiger partial charge in [-0.15, -0.1) is 0 Å². The molecule has 2 aliphatic heterocycles. The van der Waals surface area contributed by atoms with E-state index in [1.807, 2.05) is 11.8 Å². The number of aliphatic hydroxyl groups is 1. The molecule has 1 aromatic carbocycles. The molecular formula is C19H23Cl2N3O3S. The molecule has 0 unspecified atom stereocenters. The van der Waals surface area contributed by atoms with Gasteiger partial charge in [0.1, 0.15) is 0 Å². The first-order chi connectivity index (χ1) is 13.4. The molecule has 3 rings (SSSR count).